The maximum atomic E-state index is 6.75. The summed E-state index contributed by atoms with van der Waals surface area (Å²) in [4.78, 5) is 15.5. The lowest BCUT2D eigenvalue weighted by molar-refractivity contribution is 0.670. The third-order valence-electron chi connectivity index (χ3n) is 9.14. The van der Waals surface area contributed by atoms with Crippen LogP contribution in [0, 0.1) is 0 Å². The lowest BCUT2D eigenvalue weighted by atomic mass is 9.96. The summed E-state index contributed by atoms with van der Waals surface area (Å²) >= 11 is 1.81. The molecule has 3 heterocycles. The molecular weight excluding hydrogens is 607 g/mol. The van der Waals surface area contributed by atoms with Gasteiger partial charge >= 0.3 is 0 Å². The molecule has 0 unspecified atom stereocenters. The number of hydrogen-bond donors (Lipinski definition) is 0. The molecule has 0 saturated heterocycles. The zero-order chi connectivity index (χ0) is 31.6. The molecule has 0 aliphatic heterocycles. The Kier molecular flexibility index (Phi) is 6.01. The Hall–Kier alpha value is -6.17. The quantitative estimate of drug-likeness (QED) is 0.194. The average molecular weight is 632 g/mol. The van der Waals surface area contributed by atoms with E-state index in [1.54, 1.807) is 11.3 Å². The second-order valence-corrected chi connectivity index (χ2v) is 13.1. The normalized spacial score (nSPS) is 11.8. The van der Waals surface area contributed by atoms with Crippen molar-refractivity contribution in [3.05, 3.63) is 152 Å². The van der Waals surface area contributed by atoms with Crippen molar-refractivity contribution in [3.8, 4) is 45.3 Å². The van der Waals surface area contributed by atoms with E-state index in [1.165, 1.54) is 20.2 Å². The number of rotatable bonds is 4. The van der Waals surface area contributed by atoms with Crippen molar-refractivity contribution in [2.75, 3.05) is 0 Å². The van der Waals surface area contributed by atoms with Crippen molar-refractivity contribution in [1.29, 1.82) is 0 Å². The van der Waals surface area contributed by atoms with Gasteiger partial charge in [0.05, 0.1) is 0 Å². The fourth-order valence-electron chi connectivity index (χ4n) is 6.88. The van der Waals surface area contributed by atoms with Gasteiger partial charge in [-0.1, -0.05) is 109 Å². The first kappa shape index (κ1) is 27.0. The maximum Gasteiger partial charge on any atom is 0.164 e. The van der Waals surface area contributed by atoms with Crippen LogP contribution in [0.25, 0.3) is 98.2 Å². The van der Waals surface area contributed by atoms with Gasteiger partial charge in [0.1, 0.15) is 11.2 Å². The Morgan fingerprint density at radius 2 is 1.06 bits per heavy atom. The lowest BCUT2D eigenvalue weighted by Gasteiger charge is -2.11. The molecule has 0 bridgehead atoms. The number of thiophene rings is 1. The molecule has 5 heteroatoms. The van der Waals surface area contributed by atoms with Crippen LogP contribution in [-0.2, 0) is 0 Å². The molecule has 3 aromatic heterocycles. The van der Waals surface area contributed by atoms with Crippen LogP contribution >= 0.6 is 11.3 Å². The van der Waals surface area contributed by atoms with Crippen LogP contribution in [0.5, 0.6) is 0 Å². The van der Waals surface area contributed by atoms with Crippen molar-refractivity contribution in [2.45, 2.75) is 0 Å². The van der Waals surface area contributed by atoms with Gasteiger partial charge < -0.3 is 4.42 Å². The highest BCUT2D eigenvalue weighted by atomic mass is 32.1. The molecule has 0 radical (unpaired) electrons. The Balaban J connectivity index is 1.29. The van der Waals surface area contributed by atoms with Crippen molar-refractivity contribution in [1.82, 2.24) is 15.0 Å². The second kappa shape index (κ2) is 10.7. The van der Waals surface area contributed by atoms with Crippen molar-refractivity contribution >= 4 is 64.2 Å². The number of fused-ring (bicyclic) bond motifs is 8. The minimum absolute atomic E-state index is 0.606. The van der Waals surface area contributed by atoms with Gasteiger partial charge in [-0.2, -0.15) is 0 Å². The van der Waals surface area contributed by atoms with E-state index in [1.807, 2.05) is 36.4 Å². The largest absolute Gasteiger partial charge is 0.455 e. The van der Waals surface area contributed by atoms with E-state index in [9.17, 15) is 0 Å². The molecule has 0 aliphatic rings. The summed E-state index contributed by atoms with van der Waals surface area (Å²) in [6.07, 6.45) is 0. The molecule has 0 saturated carbocycles. The van der Waals surface area contributed by atoms with Gasteiger partial charge in [-0.3, -0.25) is 0 Å². The van der Waals surface area contributed by atoms with Gasteiger partial charge in [-0.05, 0) is 58.8 Å². The van der Waals surface area contributed by atoms with E-state index < -0.39 is 0 Å². The number of benzene rings is 7. The van der Waals surface area contributed by atoms with E-state index in [0.717, 1.165) is 60.5 Å². The Morgan fingerprint density at radius 3 is 1.90 bits per heavy atom. The van der Waals surface area contributed by atoms with Crippen molar-refractivity contribution < 1.29 is 4.42 Å². The summed E-state index contributed by atoms with van der Waals surface area (Å²) in [6, 6.07) is 52.6. The van der Waals surface area contributed by atoms with E-state index in [-0.39, 0.29) is 0 Å². The van der Waals surface area contributed by atoms with Gasteiger partial charge in [-0.25, -0.2) is 15.0 Å². The van der Waals surface area contributed by atoms with Crippen LogP contribution in [0.2, 0.25) is 0 Å². The van der Waals surface area contributed by atoms with Gasteiger partial charge in [0.15, 0.2) is 17.5 Å². The van der Waals surface area contributed by atoms with Crippen LogP contribution in [0.4, 0.5) is 0 Å². The molecule has 0 atom stereocenters. The minimum atomic E-state index is 0.606. The molecule has 4 nitrogen and oxygen atoms in total. The first-order valence-corrected chi connectivity index (χ1v) is 16.8. The molecule has 0 N–H and O–H groups in total. The number of furan rings is 1. The molecule has 7 aromatic carbocycles. The van der Waals surface area contributed by atoms with Gasteiger partial charge in [-0.15, -0.1) is 11.3 Å². The fourth-order valence-corrected chi connectivity index (χ4v) is 7.97. The van der Waals surface area contributed by atoms with Crippen molar-refractivity contribution in [3.63, 3.8) is 0 Å². The highest BCUT2D eigenvalue weighted by Gasteiger charge is 2.22. The summed E-state index contributed by atoms with van der Waals surface area (Å²) in [5.74, 6) is 1.87. The van der Waals surface area contributed by atoms with Crippen LogP contribution in [0.3, 0.4) is 0 Å². The third-order valence-corrected chi connectivity index (χ3v) is 10.3. The van der Waals surface area contributed by atoms with Crippen LogP contribution in [0.15, 0.2) is 156 Å². The molecule has 224 valence electrons. The minimum Gasteiger partial charge on any atom is -0.455 e. The standard InChI is InChI=1S/C43H25N3OS/c1-3-11-26(12-4-1)31-21-22-33(39-38-30-16-8-7-13-27(30)19-23-35(38)47-40(31)39)43-45-41(28-14-5-2-6-15-28)44-42(46-43)29-20-24-37-34(25-29)32-17-9-10-18-36(32)48-37/h1-25H. The smallest absolute Gasteiger partial charge is 0.164 e. The lowest BCUT2D eigenvalue weighted by Crippen LogP contribution is -2.00. The highest BCUT2D eigenvalue weighted by molar-refractivity contribution is 7.25. The third kappa shape index (κ3) is 4.25. The Labute approximate surface area is 279 Å². The van der Waals surface area contributed by atoms with Crippen LogP contribution in [-0.4, -0.2) is 15.0 Å². The van der Waals surface area contributed by atoms with Gasteiger partial charge in [0.25, 0.3) is 0 Å². The average Bonchev–Trinajstić information content (AvgIpc) is 3.74. The number of nitrogens with zero attached hydrogens (tertiary/aromatic N) is 3. The zero-order valence-corrected chi connectivity index (χ0v) is 26.4. The van der Waals surface area contributed by atoms with E-state index >= 15 is 0 Å². The summed E-state index contributed by atoms with van der Waals surface area (Å²) in [5.41, 5.74) is 6.57. The monoisotopic (exact) mass is 631 g/mol. The topological polar surface area (TPSA) is 51.8 Å². The first-order chi connectivity index (χ1) is 23.8. The Morgan fingerprint density at radius 1 is 0.417 bits per heavy atom. The molecular formula is C43H25N3OS. The van der Waals surface area contributed by atoms with Gasteiger partial charge in [0.2, 0.25) is 0 Å². The number of hydrogen-bond acceptors (Lipinski definition) is 5. The predicted octanol–water partition coefficient (Wildman–Crippen LogP) is 12.0. The molecule has 0 spiro atoms. The summed E-state index contributed by atoms with van der Waals surface area (Å²) in [5, 5.41) is 6.79. The number of aromatic nitrogens is 3. The van der Waals surface area contributed by atoms with Crippen LogP contribution < -0.4 is 0 Å². The summed E-state index contributed by atoms with van der Waals surface area (Å²) in [7, 11) is 0. The Bertz CT molecular complexity index is 2840. The molecule has 0 fully saturated rings. The van der Waals surface area contributed by atoms with E-state index in [4.69, 9.17) is 19.4 Å². The molecule has 10 rings (SSSR count). The maximum absolute atomic E-state index is 6.75. The fraction of sp³-hybridized carbons (Fsp3) is 0. The van der Waals surface area contributed by atoms with E-state index in [0.29, 0.717) is 17.5 Å². The predicted molar refractivity (Wildman–Crippen MR) is 199 cm³/mol. The summed E-state index contributed by atoms with van der Waals surface area (Å²) < 4.78 is 9.26. The molecule has 0 aliphatic carbocycles. The molecule has 48 heavy (non-hydrogen) atoms. The highest BCUT2D eigenvalue weighted by Crippen LogP contribution is 2.44. The summed E-state index contributed by atoms with van der Waals surface area (Å²) in [6.45, 7) is 0. The zero-order valence-electron chi connectivity index (χ0n) is 25.6. The second-order valence-electron chi connectivity index (χ2n) is 12.0. The van der Waals surface area contributed by atoms with Crippen LogP contribution in [0.1, 0.15) is 0 Å². The van der Waals surface area contributed by atoms with E-state index in [2.05, 4.69) is 115 Å². The molecule has 10 aromatic rings. The van der Waals surface area contributed by atoms with Gasteiger partial charge in [0, 0.05) is 53.2 Å². The molecule has 0 amide bonds. The SMILES string of the molecule is c1ccc(-c2nc(-c3ccc4sc5ccccc5c4c3)nc(-c3ccc(-c4ccccc4)c4oc5ccc6ccccc6c5c34)n2)cc1. The first-order valence-electron chi connectivity index (χ1n) is 15.9. The van der Waals surface area contributed by atoms with Crippen molar-refractivity contribution in [2.24, 2.45) is 0 Å².